The van der Waals surface area contributed by atoms with Crippen LogP contribution >= 0.6 is 0 Å². The van der Waals surface area contributed by atoms with Gasteiger partial charge >= 0.3 is 5.97 Å². The van der Waals surface area contributed by atoms with Gasteiger partial charge in [-0.05, 0) is 37.5 Å². The van der Waals surface area contributed by atoms with Gasteiger partial charge in [0.15, 0.2) is 0 Å². The van der Waals surface area contributed by atoms with Crippen LogP contribution < -0.4 is 0 Å². The molecule has 0 amide bonds. The standard InChI is InChI=1S/C12H13FO3/c1-7-8(13)3-4-9(14)10(7)12(11(15)16)5-2-6-12/h3-4,14H,2,5-6H2,1H3,(H,15,16). The van der Waals surface area contributed by atoms with E-state index in [2.05, 4.69) is 0 Å². The van der Waals surface area contributed by atoms with Gasteiger partial charge in [0.2, 0.25) is 0 Å². The number of hydrogen-bond acceptors (Lipinski definition) is 2. The highest BCUT2D eigenvalue weighted by Crippen LogP contribution is 2.48. The minimum atomic E-state index is -1.09. The highest BCUT2D eigenvalue weighted by molar-refractivity contribution is 5.84. The van der Waals surface area contributed by atoms with E-state index in [1.807, 2.05) is 0 Å². The SMILES string of the molecule is Cc1c(F)ccc(O)c1C1(C(=O)O)CCC1. The molecule has 0 bridgehead atoms. The second-order valence-corrected chi connectivity index (χ2v) is 4.31. The number of aromatic hydroxyl groups is 1. The number of aliphatic carboxylic acids is 1. The van der Waals surface area contributed by atoms with Crippen molar-refractivity contribution in [1.29, 1.82) is 0 Å². The zero-order chi connectivity index (χ0) is 11.9. The normalized spacial score (nSPS) is 17.9. The molecule has 1 aliphatic rings. The number of phenolic OH excluding ortho intramolecular Hbond substituents is 1. The molecule has 16 heavy (non-hydrogen) atoms. The van der Waals surface area contributed by atoms with Crippen molar-refractivity contribution in [2.75, 3.05) is 0 Å². The quantitative estimate of drug-likeness (QED) is 0.810. The Morgan fingerprint density at radius 3 is 2.50 bits per heavy atom. The lowest BCUT2D eigenvalue weighted by atomic mass is 9.63. The average molecular weight is 224 g/mol. The average Bonchev–Trinajstić information content (AvgIpc) is 2.15. The third-order valence-corrected chi connectivity index (χ3v) is 3.47. The Hall–Kier alpha value is -1.58. The highest BCUT2D eigenvalue weighted by atomic mass is 19.1. The van der Waals surface area contributed by atoms with Crippen LogP contribution in [0.1, 0.15) is 30.4 Å². The van der Waals surface area contributed by atoms with Crippen LogP contribution in [-0.2, 0) is 10.2 Å². The molecule has 0 spiro atoms. The summed E-state index contributed by atoms with van der Waals surface area (Å²) < 4.78 is 13.4. The Balaban J connectivity index is 2.63. The van der Waals surface area contributed by atoms with Crippen molar-refractivity contribution in [3.05, 3.63) is 29.1 Å². The summed E-state index contributed by atoms with van der Waals surface area (Å²) in [6.45, 7) is 1.51. The van der Waals surface area contributed by atoms with Gasteiger partial charge in [0.1, 0.15) is 11.6 Å². The van der Waals surface area contributed by atoms with E-state index < -0.39 is 17.2 Å². The van der Waals surface area contributed by atoms with E-state index in [-0.39, 0.29) is 16.9 Å². The number of carbonyl (C=O) groups is 1. The summed E-state index contributed by atoms with van der Waals surface area (Å²) in [6, 6.07) is 2.38. The summed E-state index contributed by atoms with van der Waals surface area (Å²) in [4.78, 5) is 11.3. The Kier molecular flexibility index (Phi) is 2.37. The molecule has 1 aromatic rings. The Morgan fingerprint density at radius 2 is 2.06 bits per heavy atom. The number of carboxylic acid groups (broad SMARTS) is 1. The predicted octanol–water partition coefficient (Wildman–Crippen LogP) is 2.35. The summed E-state index contributed by atoms with van der Waals surface area (Å²) in [5, 5.41) is 19.0. The van der Waals surface area contributed by atoms with Crippen molar-refractivity contribution in [1.82, 2.24) is 0 Å². The molecule has 0 atom stereocenters. The van der Waals surface area contributed by atoms with Gasteiger partial charge in [0.25, 0.3) is 0 Å². The van der Waals surface area contributed by atoms with Crippen LogP contribution in [0.4, 0.5) is 4.39 Å². The van der Waals surface area contributed by atoms with Gasteiger partial charge in [0.05, 0.1) is 5.41 Å². The van der Waals surface area contributed by atoms with Gasteiger partial charge in [-0.1, -0.05) is 6.42 Å². The van der Waals surface area contributed by atoms with E-state index in [0.29, 0.717) is 12.8 Å². The first kappa shape index (κ1) is 10.9. The first-order valence-corrected chi connectivity index (χ1v) is 5.21. The molecule has 2 rings (SSSR count). The fourth-order valence-corrected chi connectivity index (χ4v) is 2.38. The second kappa shape index (κ2) is 3.47. The van der Waals surface area contributed by atoms with E-state index in [1.54, 1.807) is 0 Å². The summed E-state index contributed by atoms with van der Waals surface area (Å²) >= 11 is 0. The van der Waals surface area contributed by atoms with E-state index in [0.717, 1.165) is 12.5 Å². The lowest BCUT2D eigenvalue weighted by Gasteiger charge is -2.39. The summed E-state index contributed by atoms with van der Waals surface area (Å²) in [5.74, 6) is -1.58. The maximum atomic E-state index is 13.4. The molecule has 0 heterocycles. The highest BCUT2D eigenvalue weighted by Gasteiger charge is 2.48. The molecule has 86 valence electrons. The maximum Gasteiger partial charge on any atom is 0.314 e. The van der Waals surface area contributed by atoms with Crippen molar-refractivity contribution in [2.24, 2.45) is 0 Å². The molecule has 0 unspecified atom stereocenters. The number of phenols is 1. The molecule has 4 heteroatoms. The first-order chi connectivity index (χ1) is 7.49. The van der Waals surface area contributed by atoms with Crippen molar-refractivity contribution in [3.63, 3.8) is 0 Å². The molecule has 0 aromatic heterocycles. The molecule has 0 aliphatic heterocycles. The smallest absolute Gasteiger partial charge is 0.314 e. The summed E-state index contributed by atoms with van der Waals surface area (Å²) in [7, 11) is 0. The number of benzene rings is 1. The molecule has 1 saturated carbocycles. The van der Waals surface area contributed by atoms with Crippen LogP contribution in [0.5, 0.6) is 5.75 Å². The van der Waals surface area contributed by atoms with E-state index in [9.17, 15) is 19.4 Å². The lowest BCUT2D eigenvalue weighted by Crippen LogP contribution is -2.43. The van der Waals surface area contributed by atoms with Gasteiger partial charge in [-0.3, -0.25) is 4.79 Å². The molecule has 1 aromatic carbocycles. The number of halogens is 1. The number of hydrogen-bond donors (Lipinski definition) is 2. The number of rotatable bonds is 2. The van der Waals surface area contributed by atoms with E-state index in [1.165, 1.54) is 13.0 Å². The molecule has 1 fully saturated rings. The van der Waals surface area contributed by atoms with E-state index >= 15 is 0 Å². The van der Waals surface area contributed by atoms with Gasteiger partial charge < -0.3 is 10.2 Å². The molecule has 2 N–H and O–H groups in total. The lowest BCUT2D eigenvalue weighted by molar-refractivity contribution is -0.147. The fraction of sp³-hybridized carbons (Fsp3) is 0.417. The van der Waals surface area contributed by atoms with Crippen molar-refractivity contribution >= 4 is 5.97 Å². The minimum Gasteiger partial charge on any atom is -0.508 e. The van der Waals surface area contributed by atoms with Gasteiger partial charge in [0, 0.05) is 5.56 Å². The monoisotopic (exact) mass is 224 g/mol. The van der Waals surface area contributed by atoms with Crippen LogP contribution in [-0.4, -0.2) is 16.2 Å². The van der Waals surface area contributed by atoms with Crippen LogP contribution in [0.3, 0.4) is 0 Å². The van der Waals surface area contributed by atoms with Crippen LogP contribution in [0, 0.1) is 12.7 Å². The van der Waals surface area contributed by atoms with Crippen LogP contribution in [0.15, 0.2) is 12.1 Å². The summed E-state index contributed by atoms with van der Waals surface area (Å²) in [6.07, 6.45) is 1.71. The fourth-order valence-electron chi connectivity index (χ4n) is 2.38. The molecule has 3 nitrogen and oxygen atoms in total. The molecular weight excluding hydrogens is 211 g/mol. The largest absolute Gasteiger partial charge is 0.508 e. The molecule has 1 aliphatic carbocycles. The van der Waals surface area contributed by atoms with Crippen molar-refractivity contribution < 1.29 is 19.4 Å². The third kappa shape index (κ3) is 1.29. The predicted molar refractivity (Wildman–Crippen MR) is 56.0 cm³/mol. The molecule has 0 saturated heterocycles. The van der Waals surface area contributed by atoms with Crippen LogP contribution in [0.25, 0.3) is 0 Å². The Morgan fingerprint density at radius 1 is 1.44 bits per heavy atom. The second-order valence-electron chi connectivity index (χ2n) is 4.31. The summed E-state index contributed by atoms with van der Waals surface area (Å²) in [5.41, 5.74) is -0.607. The number of carboxylic acids is 1. The molecular formula is C12H13FO3. The van der Waals surface area contributed by atoms with Gasteiger partial charge in [-0.15, -0.1) is 0 Å². The van der Waals surface area contributed by atoms with Gasteiger partial charge in [-0.2, -0.15) is 0 Å². The van der Waals surface area contributed by atoms with Crippen molar-refractivity contribution in [3.8, 4) is 5.75 Å². The van der Waals surface area contributed by atoms with Gasteiger partial charge in [-0.25, -0.2) is 4.39 Å². The maximum absolute atomic E-state index is 13.4. The topological polar surface area (TPSA) is 57.5 Å². The van der Waals surface area contributed by atoms with Crippen LogP contribution in [0.2, 0.25) is 0 Å². The third-order valence-electron chi connectivity index (χ3n) is 3.47. The zero-order valence-electron chi connectivity index (χ0n) is 8.96. The first-order valence-electron chi connectivity index (χ1n) is 5.21. The van der Waals surface area contributed by atoms with E-state index in [4.69, 9.17) is 0 Å². The molecule has 0 radical (unpaired) electrons. The Bertz CT molecular complexity index is 450. The van der Waals surface area contributed by atoms with Crippen molar-refractivity contribution in [2.45, 2.75) is 31.6 Å². The Labute approximate surface area is 92.5 Å². The zero-order valence-corrected chi connectivity index (χ0v) is 8.96. The minimum absolute atomic E-state index is 0.124.